The Kier molecular flexibility index (Phi) is 1.96. The molecule has 0 saturated carbocycles. The maximum Gasteiger partial charge on any atom is 0.149 e. The number of benzene rings is 1. The summed E-state index contributed by atoms with van der Waals surface area (Å²) in [5, 5.41) is 0. The number of nitrogens with one attached hydrogen (secondary N) is 1. The van der Waals surface area contributed by atoms with Gasteiger partial charge in [0.15, 0.2) is 0 Å². The summed E-state index contributed by atoms with van der Waals surface area (Å²) >= 11 is 0. The van der Waals surface area contributed by atoms with E-state index in [-0.39, 0.29) is 11.3 Å². The van der Waals surface area contributed by atoms with Crippen LogP contribution in [0.15, 0.2) is 30.5 Å². The van der Waals surface area contributed by atoms with E-state index >= 15 is 0 Å². The molecule has 2 rings (SSSR count). The minimum atomic E-state index is -0.738. The maximum atomic E-state index is 13.3. The molecule has 72 valence electrons. The van der Waals surface area contributed by atoms with Crippen LogP contribution in [0, 0.1) is 11.6 Å². The molecule has 0 atom stereocenters. The van der Waals surface area contributed by atoms with Crippen LogP contribution in [0.5, 0.6) is 0 Å². The summed E-state index contributed by atoms with van der Waals surface area (Å²) in [7, 11) is 0. The number of anilines is 1. The van der Waals surface area contributed by atoms with Gasteiger partial charge < -0.3 is 10.7 Å². The van der Waals surface area contributed by atoms with Crippen molar-refractivity contribution in [3.63, 3.8) is 0 Å². The van der Waals surface area contributed by atoms with Crippen LogP contribution in [0.4, 0.5) is 14.5 Å². The van der Waals surface area contributed by atoms with Gasteiger partial charge in [-0.2, -0.15) is 0 Å². The fraction of sp³-hybridized carbons (Fsp3) is 0. The third kappa shape index (κ3) is 1.35. The van der Waals surface area contributed by atoms with E-state index in [0.29, 0.717) is 5.69 Å². The Labute approximate surface area is 79.4 Å². The standard InChI is InChI=1S/C10H8F2N2/c11-7-5-8(12)9(13)4-6(7)10-2-1-3-14-10/h1-5,14H,13H2. The molecular weight excluding hydrogens is 186 g/mol. The van der Waals surface area contributed by atoms with Gasteiger partial charge in [0.05, 0.1) is 5.69 Å². The highest BCUT2D eigenvalue weighted by Gasteiger charge is 2.09. The topological polar surface area (TPSA) is 41.8 Å². The Bertz CT molecular complexity index is 449. The first-order valence-corrected chi connectivity index (χ1v) is 4.07. The van der Waals surface area contributed by atoms with Crippen molar-refractivity contribution in [2.45, 2.75) is 0 Å². The summed E-state index contributed by atoms with van der Waals surface area (Å²) in [6, 6.07) is 5.48. The molecule has 0 spiro atoms. The van der Waals surface area contributed by atoms with E-state index in [9.17, 15) is 8.78 Å². The van der Waals surface area contributed by atoms with Gasteiger partial charge in [0, 0.05) is 23.5 Å². The van der Waals surface area contributed by atoms with Gasteiger partial charge in [-0.3, -0.25) is 0 Å². The third-order valence-corrected chi connectivity index (χ3v) is 1.97. The van der Waals surface area contributed by atoms with E-state index in [1.165, 1.54) is 6.07 Å². The van der Waals surface area contributed by atoms with E-state index in [4.69, 9.17) is 5.73 Å². The molecule has 0 unspecified atom stereocenters. The minimum absolute atomic E-state index is 0.0593. The van der Waals surface area contributed by atoms with E-state index in [0.717, 1.165) is 6.07 Å². The van der Waals surface area contributed by atoms with Gasteiger partial charge in [-0.1, -0.05) is 0 Å². The lowest BCUT2D eigenvalue weighted by molar-refractivity contribution is 0.588. The van der Waals surface area contributed by atoms with Crippen molar-refractivity contribution in [3.8, 4) is 11.3 Å². The molecule has 2 nitrogen and oxygen atoms in total. The van der Waals surface area contributed by atoms with E-state index in [2.05, 4.69) is 4.98 Å². The molecule has 14 heavy (non-hydrogen) atoms. The fourth-order valence-corrected chi connectivity index (χ4v) is 1.27. The van der Waals surface area contributed by atoms with Gasteiger partial charge in [-0.05, 0) is 18.2 Å². The molecule has 3 N–H and O–H groups in total. The first kappa shape index (κ1) is 8.74. The van der Waals surface area contributed by atoms with Crippen LogP contribution >= 0.6 is 0 Å². The van der Waals surface area contributed by atoms with Crippen LogP contribution < -0.4 is 5.73 Å². The molecule has 0 fully saturated rings. The predicted octanol–water partition coefficient (Wildman–Crippen LogP) is 2.54. The maximum absolute atomic E-state index is 13.3. The second-order valence-corrected chi connectivity index (χ2v) is 2.94. The largest absolute Gasteiger partial charge is 0.396 e. The smallest absolute Gasteiger partial charge is 0.149 e. The highest BCUT2D eigenvalue weighted by atomic mass is 19.1. The molecule has 2 aromatic rings. The number of aromatic amines is 1. The van der Waals surface area contributed by atoms with Gasteiger partial charge in [-0.15, -0.1) is 0 Å². The van der Waals surface area contributed by atoms with Crippen molar-refractivity contribution in [1.82, 2.24) is 4.98 Å². The van der Waals surface area contributed by atoms with Gasteiger partial charge in [-0.25, -0.2) is 8.78 Å². The quantitative estimate of drug-likeness (QED) is 0.673. The first-order chi connectivity index (χ1) is 6.68. The minimum Gasteiger partial charge on any atom is -0.396 e. The SMILES string of the molecule is Nc1cc(-c2ccc[nH]2)c(F)cc1F. The van der Waals surface area contributed by atoms with Gasteiger partial charge in [0.2, 0.25) is 0 Å². The van der Waals surface area contributed by atoms with Crippen LogP contribution in [0.3, 0.4) is 0 Å². The van der Waals surface area contributed by atoms with E-state index in [1.54, 1.807) is 18.3 Å². The lowest BCUT2D eigenvalue weighted by Gasteiger charge is -2.03. The third-order valence-electron chi connectivity index (χ3n) is 1.97. The number of aromatic nitrogens is 1. The number of nitrogens with two attached hydrogens (primary N) is 1. The highest BCUT2D eigenvalue weighted by molar-refractivity contribution is 5.65. The summed E-state index contributed by atoms with van der Waals surface area (Å²) < 4.78 is 26.1. The number of rotatable bonds is 1. The summed E-state index contributed by atoms with van der Waals surface area (Å²) in [6.07, 6.45) is 1.66. The molecular formula is C10H8F2N2. The number of hydrogen-bond donors (Lipinski definition) is 2. The van der Waals surface area contributed by atoms with Gasteiger partial charge in [0.25, 0.3) is 0 Å². The molecule has 0 amide bonds. The predicted molar refractivity (Wildman–Crippen MR) is 50.6 cm³/mol. The molecule has 0 aliphatic carbocycles. The Balaban J connectivity index is 2.60. The zero-order chi connectivity index (χ0) is 10.1. The Morgan fingerprint density at radius 1 is 1.14 bits per heavy atom. The molecule has 0 bridgehead atoms. The summed E-state index contributed by atoms with van der Waals surface area (Å²) in [6.45, 7) is 0. The number of halogens is 2. The summed E-state index contributed by atoms with van der Waals surface area (Å²) in [5.74, 6) is -1.36. The summed E-state index contributed by atoms with van der Waals surface area (Å²) in [4.78, 5) is 2.82. The lowest BCUT2D eigenvalue weighted by Crippen LogP contribution is -1.94. The average Bonchev–Trinajstić information content (AvgIpc) is 2.64. The first-order valence-electron chi connectivity index (χ1n) is 4.07. The number of nitrogen functional groups attached to an aromatic ring is 1. The van der Waals surface area contributed by atoms with Crippen LogP contribution in [0.2, 0.25) is 0 Å². The van der Waals surface area contributed by atoms with Crippen molar-refractivity contribution < 1.29 is 8.78 Å². The van der Waals surface area contributed by atoms with Crippen LogP contribution in [0.25, 0.3) is 11.3 Å². The Morgan fingerprint density at radius 2 is 1.93 bits per heavy atom. The normalized spacial score (nSPS) is 10.4. The van der Waals surface area contributed by atoms with Crippen molar-refractivity contribution in [1.29, 1.82) is 0 Å². The molecule has 4 heteroatoms. The number of hydrogen-bond acceptors (Lipinski definition) is 1. The zero-order valence-electron chi connectivity index (χ0n) is 7.22. The monoisotopic (exact) mass is 194 g/mol. The Morgan fingerprint density at radius 3 is 2.57 bits per heavy atom. The van der Waals surface area contributed by atoms with Crippen molar-refractivity contribution in [3.05, 3.63) is 42.1 Å². The average molecular weight is 194 g/mol. The molecule has 0 aliphatic heterocycles. The van der Waals surface area contributed by atoms with Crippen LogP contribution in [0.1, 0.15) is 0 Å². The molecule has 1 heterocycles. The van der Waals surface area contributed by atoms with E-state index in [1.807, 2.05) is 0 Å². The second-order valence-electron chi connectivity index (χ2n) is 2.94. The lowest BCUT2D eigenvalue weighted by atomic mass is 10.1. The molecule has 0 saturated heterocycles. The van der Waals surface area contributed by atoms with Crippen LogP contribution in [-0.2, 0) is 0 Å². The van der Waals surface area contributed by atoms with Crippen molar-refractivity contribution >= 4 is 5.69 Å². The Hall–Kier alpha value is -1.84. The second kappa shape index (κ2) is 3.14. The molecule has 1 aromatic heterocycles. The highest BCUT2D eigenvalue weighted by Crippen LogP contribution is 2.25. The van der Waals surface area contributed by atoms with Gasteiger partial charge in [0.1, 0.15) is 11.6 Å². The van der Waals surface area contributed by atoms with Crippen molar-refractivity contribution in [2.24, 2.45) is 0 Å². The van der Waals surface area contributed by atoms with Gasteiger partial charge >= 0.3 is 0 Å². The number of H-pyrrole nitrogens is 1. The van der Waals surface area contributed by atoms with Crippen molar-refractivity contribution in [2.75, 3.05) is 5.73 Å². The van der Waals surface area contributed by atoms with Crippen LogP contribution in [-0.4, -0.2) is 4.98 Å². The molecule has 1 aromatic carbocycles. The fourth-order valence-electron chi connectivity index (χ4n) is 1.27. The molecule has 0 aliphatic rings. The summed E-state index contributed by atoms with van der Waals surface area (Å²) in [5.41, 5.74) is 6.13. The van der Waals surface area contributed by atoms with E-state index < -0.39 is 11.6 Å². The zero-order valence-corrected chi connectivity index (χ0v) is 7.22. The molecule has 0 radical (unpaired) electrons.